The molecule has 1 aliphatic heterocycles. The van der Waals surface area contributed by atoms with Crippen molar-refractivity contribution in [3.05, 3.63) is 90.0 Å². The van der Waals surface area contributed by atoms with Crippen LogP contribution in [0.2, 0.25) is 0 Å². The van der Waals surface area contributed by atoms with E-state index in [9.17, 15) is 9.59 Å². The van der Waals surface area contributed by atoms with E-state index in [1.807, 2.05) is 73.7 Å². The van der Waals surface area contributed by atoms with Crippen molar-refractivity contribution >= 4 is 17.5 Å². The number of nitrogens with one attached hydrogen (secondary N) is 1. The van der Waals surface area contributed by atoms with Crippen molar-refractivity contribution in [1.29, 1.82) is 0 Å². The van der Waals surface area contributed by atoms with E-state index in [2.05, 4.69) is 15.5 Å². The Labute approximate surface area is 197 Å². The van der Waals surface area contributed by atoms with E-state index < -0.39 is 5.92 Å². The van der Waals surface area contributed by atoms with Crippen molar-refractivity contribution in [1.82, 2.24) is 15.0 Å². The number of rotatable bonds is 6. The van der Waals surface area contributed by atoms with Crippen molar-refractivity contribution < 1.29 is 14.1 Å². The summed E-state index contributed by atoms with van der Waals surface area (Å²) in [6.07, 6.45) is 0.210. The lowest BCUT2D eigenvalue weighted by atomic mass is 10.1. The Kier molecular flexibility index (Phi) is 5.91. The zero-order valence-electron chi connectivity index (χ0n) is 18.8. The first-order chi connectivity index (χ1) is 16.5. The topological polar surface area (TPSA) is 88.3 Å². The molecule has 1 atom stereocenters. The smallest absolute Gasteiger partial charge is 0.258 e. The third-order valence-electron chi connectivity index (χ3n) is 5.91. The molecule has 0 radical (unpaired) electrons. The van der Waals surface area contributed by atoms with Gasteiger partial charge in [0.15, 0.2) is 0 Å². The quantitative estimate of drug-likeness (QED) is 0.458. The van der Waals surface area contributed by atoms with Crippen LogP contribution in [0.1, 0.15) is 17.5 Å². The van der Waals surface area contributed by atoms with E-state index in [1.165, 1.54) is 0 Å². The average molecular weight is 453 g/mol. The van der Waals surface area contributed by atoms with Gasteiger partial charge in [-0.1, -0.05) is 71.4 Å². The van der Waals surface area contributed by atoms with E-state index in [1.54, 1.807) is 17.0 Å². The van der Waals surface area contributed by atoms with Crippen LogP contribution < -0.4 is 5.32 Å². The lowest BCUT2D eigenvalue weighted by Gasteiger charge is -2.16. The Bertz CT molecular complexity index is 1320. The highest BCUT2D eigenvalue weighted by atomic mass is 16.5. The number of carbonyl (C=O) groups excluding carboxylic acids is 2. The van der Waals surface area contributed by atoms with Gasteiger partial charge >= 0.3 is 0 Å². The van der Waals surface area contributed by atoms with Gasteiger partial charge < -0.3 is 14.7 Å². The molecule has 4 aromatic rings. The van der Waals surface area contributed by atoms with Gasteiger partial charge in [0.1, 0.15) is 0 Å². The molecule has 3 aromatic carbocycles. The van der Waals surface area contributed by atoms with Gasteiger partial charge in [-0.3, -0.25) is 9.59 Å². The summed E-state index contributed by atoms with van der Waals surface area (Å²) in [5.41, 5.74) is 4.40. The van der Waals surface area contributed by atoms with E-state index in [4.69, 9.17) is 4.52 Å². The Morgan fingerprint density at radius 2 is 1.82 bits per heavy atom. The molecular weight excluding hydrogens is 428 g/mol. The standard InChI is InChI=1S/C27H24N4O3/c1-18-10-12-20(13-11-18)25-29-27(34-30-25)21-8-5-9-23(14-21)28-26(33)22-15-24(32)31(17-22)16-19-6-3-2-4-7-19/h2-14,22H,15-17H2,1H3,(H,28,33)/t22-/m1/s1. The fourth-order valence-corrected chi connectivity index (χ4v) is 4.04. The predicted molar refractivity (Wildman–Crippen MR) is 129 cm³/mol. The van der Waals surface area contributed by atoms with Crippen LogP contribution >= 0.6 is 0 Å². The zero-order valence-corrected chi connectivity index (χ0v) is 18.8. The van der Waals surface area contributed by atoms with Crippen LogP contribution in [-0.2, 0) is 16.1 Å². The lowest BCUT2D eigenvalue weighted by molar-refractivity contribution is -0.128. The second-order valence-corrected chi connectivity index (χ2v) is 8.52. The molecule has 7 nitrogen and oxygen atoms in total. The van der Waals surface area contributed by atoms with Crippen molar-refractivity contribution in [2.75, 3.05) is 11.9 Å². The molecule has 2 heterocycles. The van der Waals surface area contributed by atoms with Crippen molar-refractivity contribution in [2.24, 2.45) is 5.92 Å². The maximum atomic E-state index is 12.9. The van der Waals surface area contributed by atoms with Crippen molar-refractivity contribution in [2.45, 2.75) is 19.9 Å². The minimum absolute atomic E-state index is 0.00718. The summed E-state index contributed by atoms with van der Waals surface area (Å²) < 4.78 is 5.45. The summed E-state index contributed by atoms with van der Waals surface area (Å²) in [7, 11) is 0. The summed E-state index contributed by atoms with van der Waals surface area (Å²) in [5, 5.41) is 7.02. The fourth-order valence-electron chi connectivity index (χ4n) is 4.04. The molecular formula is C27H24N4O3. The molecule has 1 N–H and O–H groups in total. The van der Waals surface area contributed by atoms with E-state index in [0.29, 0.717) is 36.1 Å². The van der Waals surface area contributed by atoms with Gasteiger partial charge in [0.2, 0.25) is 17.6 Å². The summed E-state index contributed by atoms with van der Waals surface area (Å²) in [4.78, 5) is 31.6. The molecule has 0 unspecified atom stereocenters. The second-order valence-electron chi connectivity index (χ2n) is 8.52. The summed E-state index contributed by atoms with van der Waals surface area (Å²) in [5.74, 6) is 0.305. The van der Waals surface area contributed by atoms with Gasteiger partial charge in [0, 0.05) is 36.3 Å². The van der Waals surface area contributed by atoms with Gasteiger partial charge in [-0.2, -0.15) is 4.98 Å². The van der Waals surface area contributed by atoms with Crippen molar-refractivity contribution in [3.63, 3.8) is 0 Å². The predicted octanol–water partition coefficient (Wildman–Crippen LogP) is 4.70. The van der Waals surface area contributed by atoms with Crippen LogP contribution in [0.4, 0.5) is 5.69 Å². The molecule has 0 aliphatic carbocycles. The van der Waals surface area contributed by atoms with Crippen LogP contribution in [0.25, 0.3) is 22.8 Å². The molecule has 1 aliphatic rings. The highest BCUT2D eigenvalue weighted by Crippen LogP contribution is 2.26. The number of anilines is 1. The third-order valence-corrected chi connectivity index (χ3v) is 5.91. The molecule has 0 saturated carbocycles. The van der Waals surface area contributed by atoms with E-state index in [0.717, 1.165) is 16.7 Å². The Balaban J connectivity index is 1.25. The van der Waals surface area contributed by atoms with Crippen LogP contribution in [0, 0.1) is 12.8 Å². The monoisotopic (exact) mass is 452 g/mol. The SMILES string of the molecule is Cc1ccc(-c2noc(-c3cccc(NC(=O)[C@@H]4CC(=O)N(Cc5ccccc5)C4)c3)n2)cc1. The largest absolute Gasteiger partial charge is 0.338 e. The van der Waals surface area contributed by atoms with Crippen LogP contribution in [0.15, 0.2) is 83.4 Å². The van der Waals surface area contributed by atoms with Crippen LogP contribution in [0.5, 0.6) is 0 Å². The molecule has 0 spiro atoms. The number of aromatic nitrogens is 2. The molecule has 170 valence electrons. The Morgan fingerprint density at radius 1 is 1.03 bits per heavy atom. The number of carbonyl (C=O) groups is 2. The highest BCUT2D eigenvalue weighted by molar-refractivity contribution is 5.97. The fraction of sp³-hybridized carbons (Fsp3) is 0.185. The minimum Gasteiger partial charge on any atom is -0.338 e. The number of amides is 2. The maximum Gasteiger partial charge on any atom is 0.258 e. The van der Waals surface area contributed by atoms with E-state index in [-0.39, 0.29) is 18.2 Å². The minimum atomic E-state index is -0.392. The first-order valence-electron chi connectivity index (χ1n) is 11.2. The summed E-state index contributed by atoms with van der Waals surface area (Å²) >= 11 is 0. The molecule has 7 heteroatoms. The molecule has 1 fully saturated rings. The molecule has 34 heavy (non-hydrogen) atoms. The normalized spacial score (nSPS) is 15.5. The Morgan fingerprint density at radius 3 is 2.62 bits per heavy atom. The number of hydrogen-bond acceptors (Lipinski definition) is 5. The second kappa shape index (κ2) is 9.31. The van der Waals surface area contributed by atoms with Gasteiger partial charge in [0.05, 0.1) is 5.92 Å². The first kappa shape index (κ1) is 21.6. The van der Waals surface area contributed by atoms with Gasteiger partial charge in [0.25, 0.3) is 5.89 Å². The third kappa shape index (κ3) is 4.73. The molecule has 5 rings (SSSR count). The Hall–Kier alpha value is -4.26. The number of likely N-dealkylation sites (tertiary alicyclic amines) is 1. The number of nitrogens with zero attached hydrogens (tertiary/aromatic N) is 3. The van der Waals surface area contributed by atoms with Crippen LogP contribution in [-0.4, -0.2) is 33.4 Å². The summed E-state index contributed by atoms with van der Waals surface area (Å²) in [6, 6.07) is 25.0. The number of aryl methyl sites for hydroxylation is 1. The molecule has 1 aromatic heterocycles. The number of benzene rings is 3. The lowest BCUT2D eigenvalue weighted by Crippen LogP contribution is -2.28. The highest BCUT2D eigenvalue weighted by Gasteiger charge is 2.34. The zero-order chi connectivity index (χ0) is 23.5. The average Bonchev–Trinajstić information content (AvgIpc) is 3.48. The first-order valence-corrected chi connectivity index (χ1v) is 11.2. The number of hydrogen-bond donors (Lipinski definition) is 1. The molecule has 0 bridgehead atoms. The summed E-state index contributed by atoms with van der Waals surface area (Å²) in [6.45, 7) is 2.94. The van der Waals surface area contributed by atoms with Gasteiger partial charge in [-0.05, 0) is 30.7 Å². The molecule has 2 amide bonds. The van der Waals surface area contributed by atoms with Gasteiger partial charge in [-0.15, -0.1) is 0 Å². The van der Waals surface area contributed by atoms with Crippen molar-refractivity contribution in [3.8, 4) is 22.8 Å². The molecule has 1 saturated heterocycles. The van der Waals surface area contributed by atoms with E-state index >= 15 is 0 Å². The van der Waals surface area contributed by atoms with Crippen LogP contribution in [0.3, 0.4) is 0 Å². The maximum absolute atomic E-state index is 12.9. The van der Waals surface area contributed by atoms with Gasteiger partial charge in [-0.25, -0.2) is 0 Å².